The first-order valence-corrected chi connectivity index (χ1v) is 13.7. The van der Waals surface area contributed by atoms with Crippen LogP contribution in [0.4, 0.5) is 5.69 Å². The smallest absolute Gasteiger partial charge is 0.338 e. The highest BCUT2D eigenvalue weighted by molar-refractivity contribution is 5.95. The van der Waals surface area contributed by atoms with Gasteiger partial charge >= 0.3 is 11.9 Å². The molecule has 2 aromatic carbocycles. The Balaban J connectivity index is 1.88. The minimum absolute atomic E-state index is 0.00936. The molecule has 18 heteroatoms. The van der Waals surface area contributed by atoms with Gasteiger partial charge in [0.15, 0.2) is 35.7 Å². The van der Waals surface area contributed by atoms with Crippen molar-refractivity contribution in [2.75, 3.05) is 46.5 Å². The summed E-state index contributed by atoms with van der Waals surface area (Å²) in [6.45, 7) is 0.330. The predicted octanol–water partition coefficient (Wildman–Crippen LogP) is -1.19. The standard InChI is InChI=1S/C28H38N4O14/c1-12(9-33)32-15-8-17(16(7-14(15)25(38)39)44-11-31-28(29)30-2)45-27-24(37)23(36)22(35)20(46-27)10-43-26(40)13-5-18(41-3)21(34)19(6-13)42-4/h5-8,12,20,22-24,27,32-37H,9-11H2,1-4H3,(H,38,39)(H3,29,30,31). The van der Waals surface area contributed by atoms with E-state index in [1.54, 1.807) is 6.92 Å². The van der Waals surface area contributed by atoms with Crippen molar-refractivity contribution in [1.82, 2.24) is 5.32 Å². The molecule has 46 heavy (non-hydrogen) atoms. The number of hydrogen-bond acceptors (Lipinski definition) is 15. The SMILES string of the molecule is CN=C(N)NCOc1cc(C(=O)O)c(NC(C)CO)cc1OC1OC(COC(=O)c2cc(OC)c(O)c(OC)c2)C(O)C(O)C1O. The fraction of sp³-hybridized carbons (Fsp3) is 0.464. The van der Waals surface area contributed by atoms with Crippen molar-refractivity contribution in [3.8, 4) is 28.7 Å². The van der Waals surface area contributed by atoms with Crippen LogP contribution in [-0.2, 0) is 9.47 Å². The number of aliphatic hydroxyl groups excluding tert-OH is 4. The third kappa shape index (κ3) is 8.49. The molecular formula is C28H38N4O14. The van der Waals surface area contributed by atoms with Crippen molar-refractivity contribution in [1.29, 1.82) is 0 Å². The number of aliphatic imine (C=N–C) groups is 1. The molecule has 0 aliphatic carbocycles. The summed E-state index contributed by atoms with van der Waals surface area (Å²) in [5, 5.41) is 66.7. The molecule has 18 nitrogen and oxygen atoms in total. The lowest BCUT2D eigenvalue weighted by Gasteiger charge is -2.40. The summed E-state index contributed by atoms with van der Waals surface area (Å²) in [6, 6.07) is 4.15. The number of esters is 1. The van der Waals surface area contributed by atoms with Gasteiger partial charge < -0.3 is 75.4 Å². The van der Waals surface area contributed by atoms with E-state index in [4.69, 9.17) is 34.2 Å². The number of hydrogen-bond donors (Lipinski definition) is 9. The normalized spacial score (nSPS) is 21.9. The number of ether oxygens (including phenoxy) is 6. The zero-order valence-electron chi connectivity index (χ0n) is 25.4. The van der Waals surface area contributed by atoms with Gasteiger partial charge in [0.25, 0.3) is 0 Å². The highest BCUT2D eigenvalue weighted by Crippen LogP contribution is 2.38. The van der Waals surface area contributed by atoms with Gasteiger partial charge in [-0.25, -0.2) is 9.59 Å². The first kappa shape index (κ1) is 35.7. The van der Waals surface area contributed by atoms with Crippen molar-refractivity contribution < 1.29 is 68.6 Å². The summed E-state index contributed by atoms with van der Waals surface area (Å²) >= 11 is 0. The molecule has 0 amide bonds. The Hall–Kier alpha value is -4.75. The van der Waals surface area contributed by atoms with Gasteiger partial charge in [-0.05, 0) is 19.1 Å². The number of aromatic hydroxyl groups is 1. The number of carbonyl (C=O) groups is 2. The van der Waals surface area contributed by atoms with Crippen LogP contribution in [0.25, 0.3) is 0 Å². The molecule has 6 unspecified atom stereocenters. The molecule has 0 radical (unpaired) electrons. The topological polar surface area (TPSA) is 273 Å². The van der Waals surface area contributed by atoms with Gasteiger partial charge in [0.1, 0.15) is 31.0 Å². The maximum Gasteiger partial charge on any atom is 0.338 e. The average Bonchev–Trinajstić information content (AvgIpc) is 3.04. The maximum atomic E-state index is 12.8. The summed E-state index contributed by atoms with van der Waals surface area (Å²) in [4.78, 5) is 28.5. The molecule has 6 atom stereocenters. The van der Waals surface area contributed by atoms with Crippen molar-refractivity contribution in [2.45, 2.75) is 43.7 Å². The van der Waals surface area contributed by atoms with Crippen LogP contribution < -0.4 is 35.3 Å². The molecule has 1 fully saturated rings. The second-order valence-electron chi connectivity index (χ2n) is 9.91. The van der Waals surface area contributed by atoms with Crippen molar-refractivity contribution in [3.05, 3.63) is 35.4 Å². The molecule has 10 N–H and O–H groups in total. The molecule has 1 heterocycles. The Labute approximate surface area is 262 Å². The molecule has 3 rings (SSSR count). The van der Waals surface area contributed by atoms with Gasteiger partial charge in [0.05, 0.1) is 37.6 Å². The molecule has 0 aromatic heterocycles. The quantitative estimate of drug-likeness (QED) is 0.0501. The van der Waals surface area contributed by atoms with Gasteiger partial charge in [-0.15, -0.1) is 0 Å². The van der Waals surface area contributed by atoms with Crippen LogP contribution >= 0.6 is 0 Å². The van der Waals surface area contributed by atoms with Crippen LogP contribution in [0.1, 0.15) is 27.6 Å². The van der Waals surface area contributed by atoms with E-state index in [0.29, 0.717) is 0 Å². The lowest BCUT2D eigenvalue weighted by molar-refractivity contribution is -0.277. The number of nitrogens with two attached hydrogens (primary N) is 1. The molecule has 0 bridgehead atoms. The van der Waals surface area contributed by atoms with Crippen LogP contribution in [-0.4, -0.2) is 126 Å². The van der Waals surface area contributed by atoms with Crippen molar-refractivity contribution in [2.24, 2.45) is 10.7 Å². The van der Waals surface area contributed by atoms with Gasteiger partial charge in [-0.1, -0.05) is 0 Å². The van der Waals surface area contributed by atoms with Crippen molar-refractivity contribution in [3.63, 3.8) is 0 Å². The molecule has 1 aliphatic rings. The van der Waals surface area contributed by atoms with E-state index in [1.807, 2.05) is 0 Å². The Morgan fingerprint density at radius 3 is 2.24 bits per heavy atom. The number of rotatable bonds is 14. The van der Waals surface area contributed by atoms with E-state index in [-0.39, 0.29) is 64.9 Å². The van der Waals surface area contributed by atoms with Gasteiger partial charge in [-0.3, -0.25) is 4.99 Å². The number of anilines is 1. The summed E-state index contributed by atoms with van der Waals surface area (Å²) in [5.74, 6) is -3.08. The van der Waals surface area contributed by atoms with Crippen LogP contribution in [0.2, 0.25) is 0 Å². The number of nitrogens with zero attached hydrogens (tertiary/aromatic N) is 1. The number of carbonyl (C=O) groups excluding carboxylic acids is 1. The Morgan fingerprint density at radius 2 is 1.67 bits per heavy atom. The number of guanidine groups is 1. The molecule has 0 spiro atoms. The monoisotopic (exact) mass is 654 g/mol. The van der Waals surface area contributed by atoms with Crippen LogP contribution in [0.15, 0.2) is 29.3 Å². The van der Waals surface area contributed by atoms with Gasteiger partial charge in [0, 0.05) is 25.2 Å². The first-order chi connectivity index (χ1) is 21.8. The molecule has 1 saturated heterocycles. The molecular weight excluding hydrogens is 616 g/mol. The third-order valence-corrected chi connectivity index (χ3v) is 6.72. The summed E-state index contributed by atoms with van der Waals surface area (Å²) in [7, 11) is 3.97. The highest BCUT2D eigenvalue weighted by atomic mass is 16.7. The lowest BCUT2D eigenvalue weighted by atomic mass is 9.99. The third-order valence-electron chi connectivity index (χ3n) is 6.72. The number of carboxylic acids is 1. The Morgan fingerprint density at radius 1 is 1.02 bits per heavy atom. The van der Waals surface area contributed by atoms with Crippen LogP contribution in [0.5, 0.6) is 28.7 Å². The van der Waals surface area contributed by atoms with Crippen LogP contribution in [0.3, 0.4) is 0 Å². The lowest BCUT2D eigenvalue weighted by Crippen LogP contribution is -2.60. The van der Waals surface area contributed by atoms with E-state index >= 15 is 0 Å². The zero-order valence-corrected chi connectivity index (χ0v) is 25.4. The molecule has 254 valence electrons. The van der Waals surface area contributed by atoms with E-state index in [1.165, 1.54) is 39.5 Å². The summed E-state index contributed by atoms with van der Waals surface area (Å²) in [6.07, 6.45) is -8.54. The number of phenolic OH excluding ortho intramolecular Hbond substituents is 1. The maximum absolute atomic E-state index is 12.8. The Bertz CT molecular complexity index is 1380. The van der Waals surface area contributed by atoms with E-state index in [2.05, 4.69) is 15.6 Å². The number of carboxylic acid groups (broad SMARTS) is 1. The molecule has 2 aromatic rings. The second-order valence-corrected chi connectivity index (χ2v) is 9.91. The molecule has 1 aliphatic heterocycles. The Kier molecular flexibility index (Phi) is 12.4. The summed E-state index contributed by atoms with van der Waals surface area (Å²) < 4.78 is 32.5. The number of phenols is 1. The fourth-order valence-electron chi connectivity index (χ4n) is 4.17. The minimum atomic E-state index is -1.84. The van der Waals surface area contributed by atoms with Gasteiger partial charge in [0.2, 0.25) is 12.0 Å². The van der Waals surface area contributed by atoms with Gasteiger partial charge in [-0.2, -0.15) is 0 Å². The average molecular weight is 655 g/mol. The zero-order chi connectivity index (χ0) is 34.1. The number of aromatic carboxylic acids is 1. The van der Waals surface area contributed by atoms with E-state index in [9.17, 15) is 40.2 Å². The first-order valence-electron chi connectivity index (χ1n) is 13.7. The minimum Gasteiger partial charge on any atom is -0.502 e. The number of aliphatic hydroxyl groups is 4. The highest BCUT2D eigenvalue weighted by Gasteiger charge is 2.46. The number of methoxy groups -OCH3 is 2. The van der Waals surface area contributed by atoms with E-state index in [0.717, 1.165) is 6.07 Å². The van der Waals surface area contributed by atoms with E-state index < -0.39 is 55.3 Å². The largest absolute Gasteiger partial charge is 0.502 e. The predicted molar refractivity (Wildman–Crippen MR) is 159 cm³/mol. The second kappa shape index (κ2) is 16.0. The molecule has 0 saturated carbocycles. The van der Waals surface area contributed by atoms with Crippen molar-refractivity contribution >= 4 is 23.6 Å². The van der Waals surface area contributed by atoms with Crippen LogP contribution in [0, 0.1) is 0 Å². The fourth-order valence-corrected chi connectivity index (χ4v) is 4.17. The number of nitrogens with one attached hydrogen (secondary N) is 2. The summed E-state index contributed by atoms with van der Waals surface area (Å²) in [5.41, 5.74) is 5.29. The number of benzene rings is 2.